The van der Waals surface area contributed by atoms with Crippen molar-refractivity contribution >= 4 is 0 Å². The van der Waals surface area contributed by atoms with Gasteiger partial charge in [-0.25, -0.2) is 0 Å². The summed E-state index contributed by atoms with van der Waals surface area (Å²) in [5.74, 6) is 0.774. The summed E-state index contributed by atoms with van der Waals surface area (Å²) >= 11 is 0. The van der Waals surface area contributed by atoms with E-state index in [9.17, 15) is 0 Å². The summed E-state index contributed by atoms with van der Waals surface area (Å²) in [6, 6.07) is 1.92. The van der Waals surface area contributed by atoms with Gasteiger partial charge in [-0.05, 0) is 38.5 Å². The van der Waals surface area contributed by atoms with E-state index >= 15 is 0 Å². The first-order valence-corrected chi connectivity index (χ1v) is 8.22. The average molecular weight is 268 g/mol. The van der Waals surface area contributed by atoms with E-state index in [0.29, 0.717) is 24.2 Å². The van der Waals surface area contributed by atoms with Crippen LogP contribution in [0.5, 0.6) is 0 Å². The summed E-state index contributed by atoms with van der Waals surface area (Å²) in [5, 5.41) is 3.74. The largest absolute Gasteiger partial charge is 0.377 e. The highest BCUT2D eigenvalue weighted by atomic mass is 16.5. The van der Waals surface area contributed by atoms with Gasteiger partial charge in [-0.2, -0.15) is 0 Å². The molecule has 1 N–H and O–H groups in total. The first kappa shape index (κ1) is 15.3. The number of nitrogens with one attached hydrogen (secondary N) is 1. The van der Waals surface area contributed by atoms with Crippen molar-refractivity contribution in [3.8, 4) is 0 Å². The molecule has 2 rings (SSSR count). The fourth-order valence-electron chi connectivity index (χ4n) is 3.69. The third kappa shape index (κ3) is 3.93. The van der Waals surface area contributed by atoms with E-state index < -0.39 is 0 Å². The molecule has 0 saturated carbocycles. The first-order valence-electron chi connectivity index (χ1n) is 8.22. The number of piperazine rings is 1. The minimum Gasteiger partial charge on any atom is -0.377 e. The monoisotopic (exact) mass is 268 g/mol. The molecule has 0 aromatic rings. The summed E-state index contributed by atoms with van der Waals surface area (Å²) in [7, 11) is 0. The molecule has 0 aromatic heterocycles. The van der Waals surface area contributed by atoms with Crippen LogP contribution in [-0.2, 0) is 4.74 Å². The second-order valence-corrected chi connectivity index (χ2v) is 6.79. The lowest BCUT2D eigenvalue weighted by Gasteiger charge is -2.45. The van der Waals surface area contributed by atoms with E-state index in [1.807, 2.05) is 0 Å². The molecule has 0 spiro atoms. The summed E-state index contributed by atoms with van der Waals surface area (Å²) < 4.78 is 5.92. The van der Waals surface area contributed by atoms with Gasteiger partial charge in [0.25, 0.3) is 0 Å². The molecule has 0 bridgehead atoms. The highest BCUT2D eigenvalue weighted by molar-refractivity contribution is 4.91. The number of rotatable bonds is 5. The Labute approximate surface area is 119 Å². The highest BCUT2D eigenvalue weighted by Crippen LogP contribution is 2.24. The van der Waals surface area contributed by atoms with Gasteiger partial charge in [-0.15, -0.1) is 0 Å². The Morgan fingerprint density at radius 2 is 2.11 bits per heavy atom. The second-order valence-electron chi connectivity index (χ2n) is 6.79. The lowest BCUT2D eigenvalue weighted by Crippen LogP contribution is -2.60. The van der Waals surface area contributed by atoms with Crippen LogP contribution < -0.4 is 5.32 Å². The molecule has 2 aliphatic rings. The zero-order chi connectivity index (χ0) is 13.8. The van der Waals surface area contributed by atoms with Crippen molar-refractivity contribution in [2.24, 2.45) is 5.92 Å². The van der Waals surface area contributed by atoms with E-state index in [1.165, 1.54) is 32.2 Å². The molecule has 2 saturated heterocycles. The van der Waals surface area contributed by atoms with Crippen molar-refractivity contribution in [2.45, 2.75) is 77.6 Å². The van der Waals surface area contributed by atoms with Gasteiger partial charge in [0, 0.05) is 37.8 Å². The quantitative estimate of drug-likeness (QED) is 0.829. The molecule has 4 atom stereocenters. The Morgan fingerprint density at radius 1 is 1.32 bits per heavy atom. The minimum atomic E-state index is 0.465. The number of hydrogen-bond donors (Lipinski definition) is 1. The molecule has 3 heteroatoms. The van der Waals surface area contributed by atoms with Crippen LogP contribution in [0.2, 0.25) is 0 Å². The maximum absolute atomic E-state index is 5.92. The Hall–Kier alpha value is -0.120. The Bertz CT molecular complexity index is 263. The summed E-state index contributed by atoms with van der Waals surface area (Å²) in [6.45, 7) is 12.6. The third-order valence-corrected chi connectivity index (χ3v) is 4.80. The number of nitrogens with zero attached hydrogens (tertiary/aromatic N) is 1. The maximum Gasteiger partial charge on any atom is 0.0728 e. The summed E-state index contributed by atoms with van der Waals surface area (Å²) in [4.78, 5) is 2.72. The predicted octanol–water partition coefficient (Wildman–Crippen LogP) is 2.65. The third-order valence-electron chi connectivity index (χ3n) is 4.80. The van der Waals surface area contributed by atoms with Crippen LogP contribution in [0.3, 0.4) is 0 Å². The van der Waals surface area contributed by atoms with Gasteiger partial charge >= 0.3 is 0 Å². The van der Waals surface area contributed by atoms with Gasteiger partial charge in [0.1, 0.15) is 0 Å². The minimum absolute atomic E-state index is 0.465. The molecule has 0 radical (unpaired) electrons. The number of hydrogen-bond acceptors (Lipinski definition) is 3. The SMILES string of the molecule is CCC1CNC(CC(C)C)CN1C(C)C1CCCO1. The Balaban J connectivity index is 1.96. The molecule has 0 aliphatic carbocycles. The fourth-order valence-corrected chi connectivity index (χ4v) is 3.69. The van der Waals surface area contributed by atoms with Crippen LogP contribution in [0.25, 0.3) is 0 Å². The topological polar surface area (TPSA) is 24.5 Å². The normalized spacial score (nSPS) is 34.9. The molecule has 0 amide bonds. The van der Waals surface area contributed by atoms with Crippen molar-refractivity contribution in [2.75, 3.05) is 19.7 Å². The van der Waals surface area contributed by atoms with Crippen LogP contribution >= 0.6 is 0 Å². The van der Waals surface area contributed by atoms with E-state index in [-0.39, 0.29) is 0 Å². The van der Waals surface area contributed by atoms with Crippen LogP contribution in [-0.4, -0.2) is 48.8 Å². The molecule has 0 aromatic carbocycles. The predicted molar refractivity (Wildman–Crippen MR) is 80.5 cm³/mol. The van der Waals surface area contributed by atoms with Crippen LogP contribution in [0, 0.1) is 5.92 Å². The van der Waals surface area contributed by atoms with Gasteiger partial charge < -0.3 is 10.1 Å². The van der Waals surface area contributed by atoms with Crippen molar-refractivity contribution in [1.29, 1.82) is 0 Å². The first-order chi connectivity index (χ1) is 9.11. The van der Waals surface area contributed by atoms with Crippen molar-refractivity contribution < 1.29 is 4.74 Å². The van der Waals surface area contributed by atoms with E-state index in [0.717, 1.165) is 19.1 Å². The number of ether oxygens (including phenoxy) is 1. The molecule has 2 fully saturated rings. The smallest absolute Gasteiger partial charge is 0.0728 e. The lowest BCUT2D eigenvalue weighted by molar-refractivity contribution is -0.00689. The molecule has 2 heterocycles. The van der Waals surface area contributed by atoms with Crippen molar-refractivity contribution in [3.05, 3.63) is 0 Å². The Kier molecular flexibility index (Phi) is 5.67. The average Bonchev–Trinajstić information content (AvgIpc) is 2.91. The summed E-state index contributed by atoms with van der Waals surface area (Å²) in [6.07, 6.45) is 5.47. The molecule has 112 valence electrons. The molecule has 19 heavy (non-hydrogen) atoms. The van der Waals surface area contributed by atoms with Crippen molar-refractivity contribution in [3.63, 3.8) is 0 Å². The van der Waals surface area contributed by atoms with E-state index in [4.69, 9.17) is 4.74 Å². The molecule has 4 unspecified atom stereocenters. The van der Waals surface area contributed by atoms with E-state index in [1.54, 1.807) is 0 Å². The zero-order valence-electron chi connectivity index (χ0n) is 13.2. The van der Waals surface area contributed by atoms with Gasteiger partial charge in [0.05, 0.1) is 6.10 Å². The Morgan fingerprint density at radius 3 is 2.68 bits per heavy atom. The second kappa shape index (κ2) is 7.05. The molecular formula is C16H32N2O. The fraction of sp³-hybridized carbons (Fsp3) is 1.00. The maximum atomic E-state index is 5.92. The summed E-state index contributed by atoms with van der Waals surface area (Å²) in [5.41, 5.74) is 0. The van der Waals surface area contributed by atoms with Gasteiger partial charge in [-0.1, -0.05) is 20.8 Å². The van der Waals surface area contributed by atoms with Gasteiger partial charge in [0.15, 0.2) is 0 Å². The van der Waals surface area contributed by atoms with Gasteiger partial charge in [-0.3, -0.25) is 4.90 Å². The van der Waals surface area contributed by atoms with Crippen LogP contribution in [0.15, 0.2) is 0 Å². The van der Waals surface area contributed by atoms with E-state index in [2.05, 4.69) is 37.9 Å². The van der Waals surface area contributed by atoms with Crippen molar-refractivity contribution in [1.82, 2.24) is 10.2 Å². The molecule has 2 aliphatic heterocycles. The molecular weight excluding hydrogens is 236 g/mol. The highest BCUT2D eigenvalue weighted by Gasteiger charge is 2.35. The van der Waals surface area contributed by atoms with Gasteiger partial charge in [0.2, 0.25) is 0 Å². The standard InChI is InChI=1S/C16H32N2O/c1-5-15-10-17-14(9-12(2)3)11-18(15)13(4)16-7-6-8-19-16/h12-17H,5-11H2,1-4H3. The van der Waals surface area contributed by atoms with Crippen LogP contribution in [0.1, 0.15) is 53.4 Å². The molecule has 3 nitrogen and oxygen atoms in total. The zero-order valence-corrected chi connectivity index (χ0v) is 13.2. The lowest BCUT2D eigenvalue weighted by atomic mass is 9.96. The van der Waals surface area contributed by atoms with Crippen LogP contribution in [0.4, 0.5) is 0 Å².